The molecule has 0 aliphatic heterocycles. The van der Waals surface area contributed by atoms with Gasteiger partial charge in [-0.05, 0) is 77.0 Å². The van der Waals surface area contributed by atoms with Crippen LogP contribution in [0.5, 0.6) is 0 Å². The van der Waals surface area contributed by atoms with Gasteiger partial charge in [0.2, 0.25) is 5.91 Å². The SMILES string of the molecule is CCCCCCC/C=C/C=C/C=C/CCCCCC(CC(=O)NC(CO)C(O)CCCCCCCCCCCCCCCCCC)OC(=O)CCCCC/C=C\CCCCCCCCC. The third-order valence-corrected chi connectivity index (χ3v) is 12.9. The van der Waals surface area contributed by atoms with Gasteiger partial charge in [-0.2, -0.15) is 0 Å². The van der Waals surface area contributed by atoms with E-state index in [1.807, 2.05) is 0 Å². The molecule has 6 nitrogen and oxygen atoms in total. The number of hydrogen-bond donors (Lipinski definition) is 3. The van der Waals surface area contributed by atoms with Crippen LogP contribution in [0.3, 0.4) is 0 Å². The lowest BCUT2D eigenvalue weighted by Crippen LogP contribution is -2.46. The predicted molar refractivity (Wildman–Crippen MR) is 282 cm³/mol. The van der Waals surface area contributed by atoms with Crippen molar-refractivity contribution in [3.8, 4) is 0 Å². The molecule has 0 saturated heterocycles. The number of aliphatic hydroxyl groups is 2. The molecule has 0 heterocycles. The smallest absolute Gasteiger partial charge is 0.306 e. The van der Waals surface area contributed by atoms with Crippen LogP contribution in [0.2, 0.25) is 0 Å². The fourth-order valence-corrected chi connectivity index (χ4v) is 8.60. The Balaban J connectivity index is 4.62. The molecule has 0 aromatic rings. The Kier molecular flexibility index (Phi) is 51.0. The first-order valence-electron chi connectivity index (χ1n) is 28.4. The summed E-state index contributed by atoms with van der Waals surface area (Å²) in [5.41, 5.74) is 0. The quantitative estimate of drug-likeness (QED) is 0.0245. The van der Waals surface area contributed by atoms with Crippen molar-refractivity contribution >= 4 is 11.9 Å². The average Bonchev–Trinajstić information content (AvgIpc) is 3.30. The highest BCUT2D eigenvalue weighted by Crippen LogP contribution is 2.18. The second-order valence-corrected chi connectivity index (χ2v) is 19.4. The zero-order chi connectivity index (χ0) is 47.4. The number of nitrogens with one attached hydrogen (secondary N) is 1. The Morgan fingerprint density at radius 2 is 0.800 bits per heavy atom. The summed E-state index contributed by atoms with van der Waals surface area (Å²) < 4.78 is 5.93. The van der Waals surface area contributed by atoms with Crippen LogP contribution in [0.25, 0.3) is 0 Å². The molecule has 0 spiro atoms. The minimum Gasteiger partial charge on any atom is -0.462 e. The molecule has 0 aliphatic carbocycles. The van der Waals surface area contributed by atoms with Crippen molar-refractivity contribution < 1.29 is 24.5 Å². The lowest BCUT2D eigenvalue weighted by molar-refractivity contribution is -0.151. The zero-order valence-electron chi connectivity index (χ0n) is 43.4. The fraction of sp³-hybridized carbons (Fsp3) is 0.831. The Morgan fingerprint density at radius 3 is 1.23 bits per heavy atom. The summed E-state index contributed by atoms with van der Waals surface area (Å²) in [7, 11) is 0. The summed E-state index contributed by atoms with van der Waals surface area (Å²) in [6.07, 6.45) is 64.6. The summed E-state index contributed by atoms with van der Waals surface area (Å²) in [6, 6.07) is -0.716. The van der Waals surface area contributed by atoms with Crippen molar-refractivity contribution in [1.82, 2.24) is 5.32 Å². The molecule has 0 radical (unpaired) electrons. The monoisotopic (exact) mass is 912 g/mol. The summed E-state index contributed by atoms with van der Waals surface area (Å²) >= 11 is 0. The molecule has 1 amide bonds. The molecule has 65 heavy (non-hydrogen) atoms. The van der Waals surface area contributed by atoms with Crippen molar-refractivity contribution in [1.29, 1.82) is 0 Å². The number of amides is 1. The highest BCUT2D eigenvalue weighted by molar-refractivity contribution is 5.77. The summed E-state index contributed by atoms with van der Waals surface area (Å²) in [5, 5.41) is 23.9. The first-order chi connectivity index (χ1) is 32.0. The highest BCUT2D eigenvalue weighted by Gasteiger charge is 2.24. The van der Waals surface area contributed by atoms with Crippen molar-refractivity contribution in [3.63, 3.8) is 0 Å². The Morgan fingerprint density at radius 1 is 0.446 bits per heavy atom. The van der Waals surface area contributed by atoms with Gasteiger partial charge in [0.25, 0.3) is 0 Å². The van der Waals surface area contributed by atoms with Gasteiger partial charge in [0, 0.05) is 6.42 Å². The van der Waals surface area contributed by atoms with Crippen LogP contribution < -0.4 is 5.32 Å². The summed E-state index contributed by atoms with van der Waals surface area (Å²) in [4.78, 5) is 26.2. The van der Waals surface area contributed by atoms with E-state index in [9.17, 15) is 19.8 Å². The number of hydrogen-bond acceptors (Lipinski definition) is 5. The van der Waals surface area contributed by atoms with Gasteiger partial charge in [0.05, 0.1) is 25.2 Å². The molecule has 6 heteroatoms. The van der Waals surface area contributed by atoms with Gasteiger partial charge in [-0.3, -0.25) is 9.59 Å². The van der Waals surface area contributed by atoms with Gasteiger partial charge in [-0.1, -0.05) is 249 Å². The Hall–Kier alpha value is -2.18. The number of aliphatic hydroxyl groups excluding tert-OH is 2. The van der Waals surface area contributed by atoms with Crippen LogP contribution in [0.1, 0.15) is 290 Å². The van der Waals surface area contributed by atoms with Crippen molar-refractivity contribution in [2.45, 2.75) is 309 Å². The number of ether oxygens (including phenoxy) is 1. The molecule has 0 bridgehead atoms. The lowest BCUT2D eigenvalue weighted by Gasteiger charge is -2.24. The normalized spacial score (nSPS) is 13.5. The molecule has 0 aromatic carbocycles. The van der Waals surface area contributed by atoms with Crippen molar-refractivity contribution in [3.05, 3.63) is 48.6 Å². The van der Waals surface area contributed by atoms with Gasteiger partial charge in [-0.25, -0.2) is 0 Å². The maximum absolute atomic E-state index is 13.2. The number of allylic oxidation sites excluding steroid dienone is 8. The molecule has 0 fully saturated rings. The van der Waals surface area contributed by atoms with E-state index in [1.165, 1.54) is 161 Å². The van der Waals surface area contributed by atoms with Crippen molar-refractivity contribution in [2.24, 2.45) is 0 Å². The Bertz CT molecular complexity index is 1110. The van der Waals surface area contributed by atoms with Crippen LogP contribution in [0.15, 0.2) is 48.6 Å². The molecule has 0 rings (SSSR count). The second-order valence-electron chi connectivity index (χ2n) is 19.4. The molecule has 380 valence electrons. The topological polar surface area (TPSA) is 95.9 Å². The first-order valence-corrected chi connectivity index (χ1v) is 28.4. The molecule has 3 unspecified atom stereocenters. The van der Waals surface area contributed by atoms with E-state index in [1.54, 1.807) is 0 Å². The van der Waals surface area contributed by atoms with Crippen LogP contribution >= 0.6 is 0 Å². The van der Waals surface area contributed by atoms with Crippen LogP contribution in [-0.4, -0.2) is 46.9 Å². The fourth-order valence-electron chi connectivity index (χ4n) is 8.60. The standard InChI is InChI=1S/C59H109NO5/c1-4-7-10-13-16-19-22-25-28-30-32-35-38-41-44-47-50-55(65-59(64)52-49-46-43-40-37-34-27-24-21-18-15-12-9-6-3)53-58(63)60-56(54-61)57(62)51-48-45-42-39-36-33-31-29-26-23-20-17-14-11-8-5-2/h22,25,28,30,32,34-35,37,55-57,61-62H,4-21,23-24,26-27,29,31,33,36,38-54H2,1-3H3,(H,60,63)/b25-22+,30-28+,35-32+,37-34-. The number of carbonyl (C=O) groups is 2. The van der Waals surface area contributed by atoms with Gasteiger partial charge in [-0.15, -0.1) is 0 Å². The molecule has 0 saturated carbocycles. The van der Waals surface area contributed by atoms with E-state index in [4.69, 9.17) is 4.74 Å². The summed E-state index contributed by atoms with van der Waals surface area (Å²) in [5.74, 6) is -0.517. The second kappa shape index (κ2) is 52.8. The number of carbonyl (C=O) groups excluding carboxylic acids is 2. The number of rotatable bonds is 51. The molecule has 3 atom stereocenters. The molecular weight excluding hydrogens is 803 g/mol. The Labute approximate surface area is 404 Å². The maximum atomic E-state index is 13.2. The van der Waals surface area contributed by atoms with E-state index < -0.39 is 18.2 Å². The van der Waals surface area contributed by atoms with Gasteiger partial charge < -0.3 is 20.3 Å². The molecule has 0 aromatic heterocycles. The third-order valence-electron chi connectivity index (χ3n) is 12.9. The van der Waals surface area contributed by atoms with Gasteiger partial charge in [0.1, 0.15) is 6.10 Å². The number of esters is 1. The first kappa shape index (κ1) is 62.8. The minimum absolute atomic E-state index is 0.0501. The highest BCUT2D eigenvalue weighted by atomic mass is 16.5. The number of unbranched alkanes of at least 4 members (excludes halogenated alkanes) is 33. The largest absolute Gasteiger partial charge is 0.462 e. The summed E-state index contributed by atoms with van der Waals surface area (Å²) in [6.45, 7) is 6.48. The van der Waals surface area contributed by atoms with Gasteiger partial charge in [0.15, 0.2) is 0 Å². The van der Waals surface area contributed by atoms with Crippen LogP contribution in [0.4, 0.5) is 0 Å². The molecule has 3 N–H and O–H groups in total. The molecule has 0 aliphatic rings. The average molecular weight is 913 g/mol. The van der Waals surface area contributed by atoms with Crippen LogP contribution in [0, 0.1) is 0 Å². The van der Waals surface area contributed by atoms with Crippen LogP contribution in [-0.2, 0) is 14.3 Å². The van der Waals surface area contributed by atoms with E-state index in [0.717, 1.165) is 83.5 Å². The van der Waals surface area contributed by atoms with E-state index in [0.29, 0.717) is 19.3 Å². The van der Waals surface area contributed by atoms with E-state index >= 15 is 0 Å². The maximum Gasteiger partial charge on any atom is 0.306 e. The zero-order valence-corrected chi connectivity index (χ0v) is 43.4. The predicted octanol–water partition coefficient (Wildman–Crippen LogP) is 17.4. The third kappa shape index (κ3) is 48.1. The lowest BCUT2D eigenvalue weighted by atomic mass is 10.0. The van der Waals surface area contributed by atoms with Crippen molar-refractivity contribution in [2.75, 3.05) is 6.61 Å². The molecular formula is C59H109NO5. The van der Waals surface area contributed by atoms with E-state index in [-0.39, 0.29) is 24.9 Å². The minimum atomic E-state index is -0.800. The van der Waals surface area contributed by atoms with E-state index in [2.05, 4.69) is 74.7 Å². The van der Waals surface area contributed by atoms with Gasteiger partial charge >= 0.3 is 5.97 Å².